The minimum Gasteiger partial charge on any atom is -0.393 e. The maximum absolute atomic E-state index is 13.8. The highest BCUT2D eigenvalue weighted by atomic mass is 16.3. The van der Waals surface area contributed by atoms with Gasteiger partial charge in [-0.05, 0) is 82.4 Å². The van der Waals surface area contributed by atoms with Crippen LogP contribution in [0.2, 0.25) is 0 Å². The quantitative estimate of drug-likeness (QED) is 0.537. The summed E-state index contributed by atoms with van der Waals surface area (Å²) in [7, 11) is 4.38. The first kappa shape index (κ1) is 28.1. The van der Waals surface area contributed by atoms with E-state index in [-0.39, 0.29) is 35.9 Å². The summed E-state index contributed by atoms with van der Waals surface area (Å²) in [5, 5.41) is 12.6. The number of hydrogen-bond donors (Lipinski definition) is 2. The first-order chi connectivity index (χ1) is 17.8. The molecular weight excluding hydrogens is 462 g/mol. The van der Waals surface area contributed by atoms with Crippen LogP contribution in [-0.2, 0) is 15.1 Å². The van der Waals surface area contributed by atoms with Crippen LogP contribution in [0, 0.1) is 23.7 Å². The molecule has 206 valence electrons. The van der Waals surface area contributed by atoms with E-state index in [0.717, 1.165) is 57.3 Å². The summed E-state index contributed by atoms with van der Waals surface area (Å²) in [5.41, 5.74) is 1.28. The number of hydrogen-bond acceptors (Lipinski definition) is 4. The zero-order chi connectivity index (χ0) is 26.4. The van der Waals surface area contributed by atoms with Gasteiger partial charge in [0.05, 0.1) is 12.6 Å². The van der Waals surface area contributed by atoms with Gasteiger partial charge in [-0.3, -0.25) is 14.5 Å². The molecule has 4 rings (SSSR count). The van der Waals surface area contributed by atoms with E-state index >= 15 is 0 Å². The normalized spacial score (nSPS) is 31.8. The van der Waals surface area contributed by atoms with Crippen molar-refractivity contribution < 1.29 is 14.7 Å². The summed E-state index contributed by atoms with van der Waals surface area (Å²) >= 11 is 0. The number of carbonyl (C=O) groups excluding carboxylic acids is 2. The molecule has 0 radical (unpaired) electrons. The molecule has 1 aromatic carbocycles. The van der Waals surface area contributed by atoms with E-state index < -0.39 is 0 Å². The summed E-state index contributed by atoms with van der Waals surface area (Å²) in [6.07, 6.45) is 11.4. The zero-order valence-corrected chi connectivity index (χ0v) is 23.3. The fourth-order valence-corrected chi connectivity index (χ4v) is 6.93. The van der Waals surface area contributed by atoms with E-state index in [1.165, 1.54) is 24.8 Å². The Morgan fingerprint density at radius 2 is 1.76 bits per heavy atom. The predicted molar refractivity (Wildman–Crippen MR) is 148 cm³/mol. The molecule has 2 aliphatic carbocycles. The number of aliphatic hydroxyl groups is 1. The zero-order valence-electron chi connectivity index (χ0n) is 23.3. The van der Waals surface area contributed by atoms with Gasteiger partial charge >= 0.3 is 0 Å². The Bertz CT molecular complexity index is 881. The molecule has 1 aromatic rings. The number of nitrogens with zero attached hydrogens (tertiary/aromatic N) is 2. The van der Waals surface area contributed by atoms with Crippen molar-refractivity contribution in [1.29, 1.82) is 0 Å². The van der Waals surface area contributed by atoms with Gasteiger partial charge in [0, 0.05) is 24.5 Å². The van der Waals surface area contributed by atoms with Gasteiger partial charge in [0.1, 0.15) is 0 Å². The van der Waals surface area contributed by atoms with Crippen molar-refractivity contribution in [3.8, 4) is 0 Å². The first-order valence-corrected chi connectivity index (χ1v) is 14.7. The van der Waals surface area contributed by atoms with Crippen LogP contribution in [0.3, 0.4) is 0 Å². The van der Waals surface area contributed by atoms with Crippen molar-refractivity contribution in [2.75, 3.05) is 33.7 Å². The van der Waals surface area contributed by atoms with E-state index in [0.29, 0.717) is 24.9 Å². The molecule has 0 spiro atoms. The van der Waals surface area contributed by atoms with Crippen LogP contribution in [0.25, 0.3) is 0 Å². The van der Waals surface area contributed by atoms with E-state index in [9.17, 15) is 14.7 Å². The van der Waals surface area contributed by atoms with Crippen LogP contribution in [-0.4, -0.2) is 66.6 Å². The third-order valence-electron chi connectivity index (χ3n) is 9.75. The molecule has 3 aliphatic rings. The van der Waals surface area contributed by atoms with Gasteiger partial charge in [-0.15, -0.1) is 0 Å². The average molecular weight is 512 g/mol. The van der Waals surface area contributed by atoms with Gasteiger partial charge in [-0.1, -0.05) is 62.9 Å². The standard InChI is InChI=1S/C31H49N3O3/c1-23-26(18-24-10-7-11-24)12-8-15-31(33(2)3,27-13-5-4-6-14-27)16-9-17-34(30(23)37)22-29(36)32-21-25-19-28(35)20-25/h4-6,13-14,23-26,28,35H,7-12,15-22H2,1-3H3,(H,32,36)/t23?,25?,26?,28?,31-/m1/s1. The second kappa shape index (κ2) is 12.8. The Morgan fingerprint density at radius 1 is 1.05 bits per heavy atom. The number of nitrogens with one attached hydrogen (secondary N) is 1. The molecule has 2 amide bonds. The highest BCUT2D eigenvalue weighted by Crippen LogP contribution is 2.41. The van der Waals surface area contributed by atoms with Crippen LogP contribution in [0.5, 0.6) is 0 Å². The van der Waals surface area contributed by atoms with E-state index in [1.54, 1.807) is 0 Å². The maximum Gasteiger partial charge on any atom is 0.239 e. The fraction of sp³-hybridized carbons (Fsp3) is 0.742. The molecule has 2 N–H and O–H groups in total. The molecule has 0 bridgehead atoms. The molecular formula is C31H49N3O3. The summed E-state index contributed by atoms with van der Waals surface area (Å²) in [6.45, 7) is 3.45. The molecule has 6 nitrogen and oxygen atoms in total. The first-order valence-electron chi connectivity index (χ1n) is 14.7. The molecule has 2 saturated carbocycles. The maximum atomic E-state index is 13.8. The molecule has 0 aromatic heterocycles. The van der Waals surface area contributed by atoms with Gasteiger partial charge in [0.15, 0.2) is 0 Å². The minimum atomic E-state index is -0.218. The Hall–Kier alpha value is -1.92. The molecule has 3 fully saturated rings. The van der Waals surface area contributed by atoms with E-state index in [2.05, 4.69) is 61.6 Å². The third kappa shape index (κ3) is 6.94. The molecule has 2 unspecified atom stereocenters. The lowest BCUT2D eigenvalue weighted by molar-refractivity contribution is -0.141. The average Bonchev–Trinajstić information content (AvgIpc) is 2.86. The molecule has 37 heavy (non-hydrogen) atoms. The second-order valence-electron chi connectivity index (χ2n) is 12.4. The topological polar surface area (TPSA) is 72.9 Å². The highest BCUT2D eigenvalue weighted by molar-refractivity contribution is 5.86. The van der Waals surface area contributed by atoms with Crippen molar-refractivity contribution in [3.63, 3.8) is 0 Å². The van der Waals surface area contributed by atoms with Crippen molar-refractivity contribution in [2.24, 2.45) is 23.7 Å². The fourth-order valence-electron chi connectivity index (χ4n) is 6.93. The molecule has 6 heteroatoms. The number of aliphatic hydroxyl groups excluding tert-OH is 1. The summed E-state index contributed by atoms with van der Waals surface area (Å²) in [6, 6.07) is 10.9. The summed E-state index contributed by atoms with van der Waals surface area (Å²) in [4.78, 5) is 31.0. The van der Waals surface area contributed by atoms with E-state index in [1.807, 2.05) is 4.90 Å². The van der Waals surface area contributed by atoms with E-state index in [4.69, 9.17) is 0 Å². The van der Waals surface area contributed by atoms with Gasteiger partial charge in [0.2, 0.25) is 11.8 Å². The van der Waals surface area contributed by atoms with Gasteiger partial charge in [-0.25, -0.2) is 0 Å². The van der Waals surface area contributed by atoms with Gasteiger partial charge in [-0.2, -0.15) is 0 Å². The Morgan fingerprint density at radius 3 is 2.38 bits per heavy atom. The van der Waals surface area contributed by atoms with Crippen molar-refractivity contribution in [2.45, 2.75) is 89.2 Å². The van der Waals surface area contributed by atoms with Crippen molar-refractivity contribution in [3.05, 3.63) is 35.9 Å². The highest BCUT2D eigenvalue weighted by Gasteiger charge is 2.38. The number of carbonyl (C=O) groups is 2. The smallest absolute Gasteiger partial charge is 0.239 e. The van der Waals surface area contributed by atoms with Crippen molar-refractivity contribution >= 4 is 11.8 Å². The lowest BCUT2D eigenvalue weighted by Gasteiger charge is -2.41. The SMILES string of the molecule is CC1C(=O)N(CC(=O)NCC2CC(O)C2)CCC[C@](c2ccccc2)(N(C)C)CCCC1CC1CCC1. The number of rotatable bonds is 8. The Balaban J connectivity index is 1.51. The molecule has 1 saturated heterocycles. The van der Waals surface area contributed by atoms with Crippen LogP contribution in [0.4, 0.5) is 0 Å². The summed E-state index contributed by atoms with van der Waals surface area (Å²) < 4.78 is 0. The number of benzene rings is 1. The van der Waals surface area contributed by atoms with Crippen LogP contribution < -0.4 is 5.32 Å². The van der Waals surface area contributed by atoms with Crippen LogP contribution in [0.15, 0.2) is 30.3 Å². The van der Waals surface area contributed by atoms with Gasteiger partial charge < -0.3 is 15.3 Å². The van der Waals surface area contributed by atoms with Crippen LogP contribution in [0.1, 0.15) is 83.1 Å². The minimum absolute atomic E-state index is 0.0567. The summed E-state index contributed by atoms with van der Waals surface area (Å²) in [5.74, 6) is 1.50. The molecule has 1 aliphatic heterocycles. The monoisotopic (exact) mass is 511 g/mol. The Labute approximate surface area is 224 Å². The molecule has 3 atom stereocenters. The van der Waals surface area contributed by atoms with Crippen LogP contribution >= 0.6 is 0 Å². The lowest BCUT2D eigenvalue weighted by Crippen LogP contribution is -2.47. The predicted octanol–water partition coefficient (Wildman–Crippen LogP) is 4.57. The van der Waals surface area contributed by atoms with Gasteiger partial charge in [0.25, 0.3) is 0 Å². The largest absolute Gasteiger partial charge is 0.393 e. The van der Waals surface area contributed by atoms with Crippen molar-refractivity contribution in [1.82, 2.24) is 15.1 Å². The number of amides is 2. The molecule has 1 heterocycles. The Kier molecular flexibility index (Phi) is 9.68. The lowest BCUT2D eigenvalue weighted by atomic mass is 9.73. The second-order valence-corrected chi connectivity index (χ2v) is 12.4. The third-order valence-corrected chi connectivity index (χ3v) is 9.75.